The molecule has 1 aliphatic carbocycles. The summed E-state index contributed by atoms with van der Waals surface area (Å²) in [5.74, 6) is -1.37. The summed E-state index contributed by atoms with van der Waals surface area (Å²) < 4.78 is 5.30. The predicted octanol–water partition coefficient (Wildman–Crippen LogP) is 2.85. The van der Waals surface area contributed by atoms with E-state index in [-0.39, 0.29) is 12.5 Å². The molecule has 5 nitrogen and oxygen atoms in total. The molecule has 1 amide bonds. The first-order valence-electron chi connectivity index (χ1n) is 8.30. The summed E-state index contributed by atoms with van der Waals surface area (Å²) in [5.41, 5.74) is 1.20. The monoisotopic (exact) mass is 311 g/mol. The molecule has 0 bridgehead atoms. The Balaban J connectivity index is 2.55. The Hall–Kier alpha value is -1.36. The molecule has 1 N–H and O–H groups in total. The predicted molar refractivity (Wildman–Crippen MR) is 85.7 cm³/mol. The van der Waals surface area contributed by atoms with Crippen molar-refractivity contribution in [1.29, 1.82) is 0 Å². The summed E-state index contributed by atoms with van der Waals surface area (Å²) in [7, 11) is 0. The van der Waals surface area contributed by atoms with Gasteiger partial charge in [-0.3, -0.25) is 9.59 Å². The molecule has 0 saturated heterocycles. The molecule has 1 atom stereocenters. The molecule has 0 heterocycles. The Morgan fingerprint density at radius 2 is 2.18 bits per heavy atom. The Labute approximate surface area is 133 Å². The molecule has 0 radical (unpaired) electrons. The van der Waals surface area contributed by atoms with Gasteiger partial charge in [-0.25, -0.2) is 0 Å². The van der Waals surface area contributed by atoms with Crippen molar-refractivity contribution >= 4 is 11.9 Å². The van der Waals surface area contributed by atoms with Crippen molar-refractivity contribution in [2.45, 2.75) is 52.4 Å². The highest BCUT2D eigenvalue weighted by molar-refractivity contribution is 5.79. The van der Waals surface area contributed by atoms with Crippen molar-refractivity contribution in [3.8, 4) is 0 Å². The van der Waals surface area contributed by atoms with E-state index >= 15 is 0 Å². The fourth-order valence-electron chi connectivity index (χ4n) is 2.60. The van der Waals surface area contributed by atoms with Crippen LogP contribution >= 0.6 is 0 Å². The Morgan fingerprint density at radius 3 is 2.77 bits per heavy atom. The van der Waals surface area contributed by atoms with E-state index in [2.05, 4.69) is 6.08 Å². The van der Waals surface area contributed by atoms with E-state index in [1.54, 1.807) is 11.8 Å². The lowest BCUT2D eigenvalue weighted by Gasteiger charge is -2.25. The van der Waals surface area contributed by atoms with E-state index in [0.717, 1.165) is 25.7 Å². The summed E-state index contributed by atoms with van der Waals surface area (Å²) >= 11 is 0. The fraction of sp³-hybridized carbons (Fsp3) is 0.765. The van der Waals surface area contributed by atoms with Crippen LogP contribution in [0.2, 0.25) is 0 Å². The number of carboxylic acid groups (broad SMARTS) is 1. The lowest BCUT2D eigenvalue weighted by molar-refractivity contribution is -0.143. The smallest absolute Gasteiger partial charge is 0.308 e. The number of ether oxygens (including phenoxy) is 1. The lowest BCUT2D eigenvalue weighted by Crippen LogP contribution is -2.38. The van der Waals surface area contributed by atoms with Crippen LogP contribution in [-0.2, 0) is 14.3 Å². The second-order valence-electron chi connectivity index (χ2n) is 5.91. The SMILES string of the molecule is CCOCCCN(CC(C)C(=O)O)C(=O)CC1=CCCCC1. The topological polar surface area (TPSA) is 66.8 Å². The Kier molecular flexibility index (Phi) is 8.82. The van der Waals surface area contributed by atoms with Gasteiger partial charge in [0.25, 0.3) is 0 Å². The van der Waals surface area contributed by atoms with E-state index in [1.165, 1.54) is 12.0 Å². The number of rotatable bonds is 10. The maximum atomic E-state index is 12.5. The second kappa shape index (κ2) is 10.4. The van der Waals surface area contributed by atoms with E-state index in [9.17, 15) is 9.59 Å². The van der Waals surface area contributed by atoms with Gasteiger partial charge in [0.2, 0.25) is 5.91 Å². The third-order valence-corrected chi connectivity index (χ3v) is 3.95. The summed E-state index contributed by atoms with van der Waals surface area (Å²) in [6.45, 7) is 5.67. The number of nitrogens with zero attached hydrogens (tertiary/aromatic N) is 1. The largest absolute Gasteiger partial charge is 0.481 e. The van der Waals surface area contributed by atoms with Crippen LogP contribution in [0.4, 0.5) is 0 Å². The first-order valence-corrected chi connectivity index (χ1v) is 8.30. The van der Waals surface area contributed by atoms with Crippen molar-refractivity contribution < 1.29 is 19.4 Å². The molecule has 1 rings (SSSR count). The number of carbonyl (C=O) groups excluding carboxylic acids is 1. The van der Waals surface area contributed by atoms with Gasteiger partial charge in [-0.15, -0.1) is 0 Å². The maximum Gasteiger partial charge on any atom is 0.308 e. The van der Waals surface area contributed by atoms with E-state index in [1.807, 2.05) is 6.92 Å². The van der Waals surface area contributed by atoms with Crippen LogP contribution in [0.1, 0.15) is 52.4 Å². The molecular formula is C17H29NO4. The van der Waals surface area contributed by atoms with Crippen molar-refractivity contribution in [3.05, 3.63) is 11.6 Å². The zero-order valence-electron chi connectivity index (χ0n) is 13.8. The third kappa shape index (κ3) is 7.07. The van der Waals surface area contributed by atoms with Crippen LogP contribution in [0.25, 0.3) is 0 Å². The molecule has 126 valence electrons. The molecule has 0 aromatic carbocycles. The molecule has 1 unspecified atom stereocenters. The maximum absolute atomic E-state index is 12.5. The van der Waals surface area contributed by atoms with Crippen LogP contribution < -0.4 is 0 Å². The highest BCUT2D eigenvalue weighted by Gasteiger charge is 2.21. The molecule has 0 fully saturated rings. The molecule has 5 heteroatoms. The minimum Gasteiger partial charge on any atom is -0.481 e. The van der Waals surface area contributed by atoms with Gasteiger partial charge in [0.05, 0.1) is 5.92 Å². The van der Waals surface area contributed by atoms with Gasteiger partial charge in [-0.1, -0.05) is 18.6 Å². The standard InChI is InChI=1S/C17H29NO4/c1-3-22-11-7-10-18(13-14(2)17(20)21)16(19)12-15-8-5-4-6-9-15/h8,14H,3-7,9-13H2,1-2H3,(H,20,21). The average molecular weight is 311 g/mol. The van der Waals surface area contributed by atoms with Crippen LogP contribution in [0.15, 0.2) is 11.6 Å². The molecule has 22 heavy (non-hydrogen) atoms. The van der Waals surface area contributed by atoms with Crippen molar-refractivity contribution in [2.75, 3.05) is 26.3 Å². The quantitative estimate of drug-likeness (QED) is 0.497. The number of amides is 1. The number of allylic oxidation sites excluding steroid dienone is 1. The van der Waals surface area contributed by atoms with E-state index < -0.39 is 11.9 Å². The van der Waals surface area contributed by atoms with Crippen LogP contribution in [-0.4, -0.2) is 48.2 Å². The van der Waals surface area contributed by atoms with Crippen molar-refractivity contribution in [2.24, 2.45) is 5.92 Å². The van der Waals surface area contributed by atoms with Gasteiger partial charge >= 0.3 is 5.97 Å². The number of carboxylic acids is 1. The number of hydrogen-bond acceptors (Lipinski definition) is 3. The van der Waals surface area contributed by atoms with Crippen LogP contribution in [0.3, 0.4) is 0 Å². The first kappa shape index (κ1) is 18.7. The molecule has 0 spiro atoms. The second-order valence-corrected chi connectivity index (χ2v) is 5.91. The van der Waals surface area contributed by atoms with Gasteiger partial charge in [-0.2, -0.15) is 0 Å². The summed E-state index contributed by atoms with van der Waals surface area (Å²) in [6.07, 6.45) is 7.73. The zero-order chi connectivity index (χ0) is 16.4. The molecule has 0 saturated carbocycles. The minimum atomic E-state index is -0.862. The lowest BCUT2D eigenvalue weighted by atomic mass is 9.96. The highest BCUT2D eigenvalue weighted by atomic mass is 16.5. The van der Waals surface area contributed by atoms with Crippen molar-refractivity contribution in [3.63, 3.8) is 0 Å². The average Bonchev–Trinajstić information content (AvgIpc) is 2.50. The normalized spacial score (nSPS) is 16.0. The number of hydrogen-bond donors (Lipinski definition) is 1. The summed E-state index contributed by atoms with van der Waals surface area (Å²) in [5, 5.41) is 9.07. The van der Waals surface area contributed by atoms with Crippen molar-refractivity contribution in [1.82, 2.24) is 4.90 Å². The van der Waals surface area contributed by atoms with Gasteiger partial charge in [-0.05, 0) is 39.0 Å². The van der Waals surface area contributed by atoms with Gasteiger partial charge in [0, 0.05) is 32.7 Å². The summed E-state index contributed by atoms with van der Waals surface area (Å²) in [4.78, 5) is 25.2. The zero-order valence-corrected chi connectivity index (χ0v) is 13.8. The Bertz CT molecular complexity index is 392. The van der Waals surface area contributed by atoms with Gasteiger partial charge in [0.1, 0.15) is 0 Å². The van der Waals surface area contributed by atoms with Crippen LogP contribution in [0.5, 0.6) is 0 Å². The van der Waals surface area contributed by atoms with Crippen LogP contribution in [0, 0.1) is 5.92 Å². The molecule has 1 aliphatic rings. The first-order chi connectivity index (χ1) is 10.5. The van der Waals surface area contributed by atoms with Gasteiger partial charge in [0.15, 0.2) is 0 Å². The number of carbonyl (C=O) groups is 2. The minimum absolute atomic E-state index is 0.0396. The molecule has 0 aliphatic heterocycles. The molecule has 0 aromatic rings. The fourth-order valence-corrected chi connectivity index (χ4v) is 2.60. The Morgan fingerprint density at radius 1 is 1.41 bits per heavy atom. The summed E-state index contributed by atoms with van der Waals surface area (Å²) in [6, 6.07) is 0. The van der Waals surface area contributed by atoms with E-state index in [4.69, 9.17) is 9.84 Å². The highest BCUT2D eigenvalue weighted by Crippen LogP contribution is 2.21. The molecular weight excluding hydrogens is 282 g/mol. The number of aliphatic carboxylic acids is 1. The molecule has 0 aromatic heterocycles. The third-order valence-electron chi connectivity index (χ3n) is 3.95. The van der Waals surface area contributed by atoms with E-state index in [0.29, 0.717) is 26.2 Å². The van der Waals surface area contributed by atoms with Gasteiger partial charge < -0.3 is 14.7 Å².